The molecule has 158 valence electrons. The van der Waals surface area contributed by atoms with E-state index in [2.05, 4.69) is 20.4 Å². The molecule has 0 aliphatic heterocycles. The molecule has 2 aromatic carbocycles. The fourth-order valence-electron chi connectivity index (χ4n) is 3.37. The monoisotopic (exact) mass is 434 g/mol. The van der Waals surface area contributed by atoms with Gasteiger partial charge in [0.2, 0.25) is 5.91 Å². The Hall–Kier alpha value is -3.45. The van der Waals surface area contributed by atoms with E-state index in [9.17, 15) is 4.79 Å². The van der Waals surface area contributed by atoms with Crippen molar-refractivity contribution in [3.05, 3.63) is 77.2 Å². The third-order valence-electron chi connectivity index (χ3n) is 4.91. The van der Waals surface area contributed by atoms with Crippen LogP contribution in [0.5, 0.6) is 0 Å². The first-order valence-electron chi connectivity index (χ1n) is 10.0. The number of hydrogen-bond donors (Lipinski definition) is 1. The molecule has 0 aliphatic rings. The number of aromatic nitrogens is 4. The Kier molecular flexibility index (Phi) is 6.13. The van der Waals surface area contributed by atoms with Crippen molar-refractivity contribution in [2.24, 2.45) is 0 Å². The van der Waals surface area contributed by atoms with Crippen LogP contribution in [0.15, 0.2) is 60.8 Å². The van der Waals surface area contributed by atoms with Crippen LogP contribution in [0.25, 0.3) is 16.7 Å². The van der Waals surface area contributed by atoms with E-state index >= 15 is 0 Å². The van der Waals surface area contributed by atoms with E-state index in [4.69, 9.17) is 11.6 Å². The van der Waals surface area contributed by atoms with Crippen LogP contribution in [0.4, 0.5) is 5.82 Å². The van der Waals surface area contributed by atoms with Gasteiger partial charge in [-0.2, -0.15) is 5.10 Å². The average Bonchev–Trinajstić information content (AvgIpc) is 3.18. The molecule has 7 nitrogen and oxygen atoms in total. The number of fused-ring (bicyclic) bond motifs is 1. The molecule has 4 aromatic rings. The van der Waals surface area contributed by atoms with Crippen molar-refractivity contribution in [3.8, 4) is 5.69 Å². The zero-order chi connectivity index (χ0) is 21.8. The van der Waals surface area contributed by atoms with E-state index in [1.165, 1.54) is 0 Å². The molecule has 0 saturated heterocycles. The van der Waals surface area contributed by atoms with Gasteiger partial charge in [-0.15, -0.1) is 0 Å². The van der Waals surface area contributed by atoms with Gasteiger partial charge < -0.3 is 10.2 Å². The number of carbonyl (C=O) groups excluding carboxylic acids is 1. The van der Waals surface area contributed by atoms with Crippen LogP contribution in [-0.4, -0.2) is 44.1 Å². The van der Waals surface area contributed by atoms with Gasteiger partial charge in [0.25, 0.3) is 0 Å². The van der Waals surface area contributed by atoms with Gasteiger partial charge in [0, 0.05) is 31.6 Å². The topological polar surface area (TPSA) is 75.9 Å². The highest BCUT2D eigenvalue weighted by Crippen LogP contribution is 2.24. The summed E-state index contributed by atoms with van der Waals surface area (Å²) in [4.78, 5) is 23.3. The van der Waals surface area contributed by atoms with Gasteiger partial charge in [-0.3, -0.25) is 4.79 Å². The lowest BCUT2D eigenvalue weighted by atomic mass is 10.2. The molecule has 0 unspecified atom stereocenters. The standard InChI is InChI=1S/C23H23ClN6O/c1-16-27-22(25-12-11-21(31)29(2)15-17-7-4-3-5-8-17)20-14-26-30(23(20)28-16)19-10-6-9-18(24)13-19/h3-10,13-14H,11-12,15H2,1-2H3,(H,25,27,28). The number of benzene rings is 2. The summed E-state index contributed by atoms with van der Waals surface area (Å²) in [6.07, 6.45) is 2.08. The van der Waals surface area contributed by atoms with Crippen LogP contribution in [0.2, 0.25) is 5.02 Å². The van der Waals surface area contributed by atoms with Crippen LogP contribution in [0.3, 0.4) is 0 Å². The Morgan fingerprint density at radius 3 is 2.71 bits per heavy atom. The van der Waals surface area contributed by atoms with Gasteiger partial charge >= 0.3 is 0 Å². The maximum absolute atomic E-state index is 12.5. The molecule has 2 heterocycles. The fraction of sp³-hybridized carbons (Fsp3) is 0.217. The Morgan fingerprint density at radius 2 is 1.94 bits per heavy atom. The molecule has 0 spiro atoms. The minimum atomic E-state index is 0.0630. The third-order valence-corrected chi connectivity index (χ3v) is 5.15. The summed E-state index contributed by atoms with van der Waals surface area (Å²) in [7, 11) is 1.82. The van der Waals surface area contributed by atoms with Crippen molar-refractivity contribution in [2.45, 2.75) is 19.9 Å². The molecule has 1 N–H and O–H groups in total. The molecule has 8 heteroatoms. The Bertz CT molecular complexity index is 1210. The summed E-state index contributed by atoms with van der Waals surface area (Å²) in [5.74, 6) is 1.34. The Labute approximate surface area is 185 Å². The van der Waals surface area contributed by atoms with E-state index in [1.54, 1.807) is 15.8 Å². The number of anilines is 1. The van der Waals surface area contributed by atoms with Crippen LogP contribution < -0.4 is 5.32 Å². The molecule has 31 heavy (non-hydrogen) atoms. The minimum absolute atomic E-state index is 0.0630. The lowest BCUT2D eigenvalue weighted by Crippen LogP contribution is -2.27. The Morgan fingerprint density at radius 1 is 1.13 bits per heavy atom. The quantitative estimate of drug-likeness (QED) is 0.471. The highest BCUT2D eigenvalue weighted by atomic mass is 35.5. The summed E-state index contributed by atoms with van der Waals surface area (Å²) >= 11 is 6.13. The van der Waals surface area contributed by atoms with E-state index in [1.807, 2.05) is 68.6 Å². The first-order chi connectivity index (χ1) is 15.0. The number of halogens is 1. The van der Waals surface area contributed by atoms with Gasteiger partial charge in [-0.05, 0) is 30.7 Å². The normalized spacial score (nSPS) is 10.9. The molecule has 2 aromatic heterocycles. The molecule has 0 atom stereocenters. The third kappa shape index (κ3) is 4.83. The van der Waals surface area contributed by atoms with Crippen molar-refractivity contribution in [3.63, 3.8) is 0 Å². The molecule has 0 aliphatic carbocycles. The molecule has 0 bridgehead atoms. The largest absolute Gasteiger partial charge is 0.369 e. The van der Waals surface area contributed by atoms with Crippen molar-refractivity contribution < 1.29 is 4.79 Å². The molecule has 0 fully saturated rings. The number of aryl methyl sites for hydroxylation is 1. The van der Waals surface area contributed by atoms with Gasteiger partial charge in [0.05, 0.1) is 17.3 Å². The predicted octanol–water partition coefficient (Wildman–Crippen LogP) is 4.24. The van der Waals surface area contributed by atoms with Crippen LogP contribution in [0.1, 0.15) is 17.8 Å². The van der Waals surface area contributed by atoms with Gasteiger partial charge in [-0.25, -0.2) is 14.6 Å². The molecule has 4 rings (SSSR count). The summed E-state index contributed by atoms with van der Waals surface area (Å²) in [6, 6.07) is 17.4. The average molecular weight is 435 g/mol. The molecule has 0 saturated carbocycles. The van der Waals surface area contributed by atoms with Gasteiger partial charge in [-0.1, -0.05) is 48.0 Å². The van der Waals surface area contributed by atoms with Crippen LogP contribution in [-0.2, 0) is 11.3 Å². The number of nitrogens with zero attached hydrogens (tertiary/aromatic N) is 5. The first-order valence-corrected chi connectivity index (χ1v) is 10.4. The minimum Gasteiger partial charge on any atom is -0.369 e. The summed E-state index contributed by atoms with van der Waals surface area (Å²) in [6.45, 7) is 2.88. The summed E-state index contributed by atoms with van der Waals surface area (Å²) in [5, 5.41) is 9.16. The lowest BCUT2D eigenvalue weighted by Gasteiger charge is -2.17. The van der Waals surface area contributed by atoms with E-state index in [0.29, 0.717) is 41.8 Å². The van der Waals surface area contributed by atoms with Crippen molar-refractivity contribution in [1.82, 2.24) is 24.6 Å². The van der Waals surface area contributed by atoms with E-state index < -0.39 is 0 Å². The summed E-state index contributed by atoms with van der Waals surface area (Å²) < 4.78 is 1.74. The number of hydrogen-bond acceptors (Lipinski definition) is 5. The molecule has 1 amide bonds. The van der Waals surface area contributed by atoms with Crippen LogP contribution >= 0.6 is 11.6 Å². The number of nitrogens with one attached hydrogen (secondary N) is 1. The van der Waals surface area contributed by atoms with E-state index in [0.717, 1.165) is 16.6 Å². The smallest absolute Gasteiger partial charge is 0.224 e. The van der Waals surface area contributed by atoms with Gasteiger partial charge in [0.1, 0.15) is 11.6 Å². The van der Waals surface area contributed by atoms with Gasteiger partial charge in [0.15, 0.2) is 5.65 Å². The maximum atomic E-state index is 12.5. The van der Waals surface area contributed by atoms with Crippen LogP contribution in [0, 0.1) is 6.92 Å². The van der Waals surface area contributed by atoms with Crippen molar-refractivity contribution in [1.29, 1.82) is 0 Å². The lowest BCUT2D eigenvalue weighted by molar-refractivity contribution is -0.130. The highest BCUT2D eigenvalue weighted by Gasteiger charge is 2.14. The Balaban J connectivity index is 1.46. The second-order valence-electron chi connectivity index (χ2n) is 7.31. The predicted molar refractivity (Wildman–Crippen MR) is 122 cm³/mol. The molecular weight excluding hydrogens is 412 g/mol. The highest BCUT2D eigenvalue weighted by molar-refractivity contribution is 6.30. The van der Waals surface area contributed by atoms with Crippen molar-refractivity contribution >= 4 is 34.4 Å². The van der Waals surface area contributed by atoms with E-state index in [-0.39, 0.29) is 5.91 Å². The molecular formula is C23H23ClN6O. The molecule has 0 radical (unpaired) electrons. The first kappa shape index (κ1) is 20.8. The number of carbonyl (C=O) groups is 1. The number of amides is 1. The zero-order valence-corrected chi connectivity index (χ0v) is 18.2. The second-order valence-corrected chi connectivity index (χ2v) is 7.74. The van der Waals surface area contributed by atoms with Crippen molar-refractivity contribution in [2.75, 3.05) is 18.9 Å². The second kappa shape index (κ2) is 9.14. The SMILES string of the molecule is Cc1nc(NCCC(=O)N(C)Cc2ccccc2)c2cnn(-c3cccc(Cl)c3)c2n1. The number of rotatable bonds is 7. The fourth-order valence-corrected chi connectivity index (χ4v) is 3.56. The zero-order valence-electron chi connectivity index (χ0n) is 17.4. The maximum Gasteiger partial charge on any atom is 0.224 e. The summed E-state index contributed by atoms with van der Waals surface area (Å²) in [5.41, 5.74) is 2.61.